The van der Waals surface area contributed by atoms with Gasteiger partial charge in [0.2, 0.25) is 21.8 Å². The van der Waals surface area contributed by atoms with Crippen molar-refractivity contribution in [1.29, 1.82) is 0 Å². The first-order valence-corrected chi connectivity index (χ1v) is 11.5. The molecule has 1 saturated heterocycles. The first-order chi connectivity index (χ1) is 13.0. The van der Waals surface area contributed by atoms with E-state index in [1.165, 1.54) is 17.1 Å². The highest BCUT2D eigenvalue weighted by atomic mass is 32.2. The number of hydrogen-bond acceptors (Lipinski definition) is 5. The van der Waals surface area contributed by atoms with Crippen molar-refractivity contribution in [3.63, 3.8) is 0 Å². The molecular formula is C19H29N3O4S. The molecule has 0 radical (unpaired) electrons. The van der Waals surface area contributed by atoms with Crippen molar-refractivity contribution in [3.05, 3.63) is 23.9 Å². The Morgan fingerprint density at radius 3 is 2.63 bits per heavy atom. The van der Waals surface area contributed by atoms with E-state index in [9.17, 15) is 13.2 Å². The topological polar surface area (TPSA) is 88.6 Å². The molecular weight excluding hydrogens is 366 g/mol. The predicted octanol–water partition coefficient (Wildman–Crippen LogP) is 2.08. The van der Waals surface area contributed by atoms with Crippen LogP contribution in [0.4, 0.5) is 0 Å². The second-order valence-electron chi connectivity index (χ2n) is 7.32. The van der Waals surface area contributed by atoms with Gasteiger partial charge in [0.25, 0.3) is 0 Å². The van der Waals surface area contributed by atoms with Crippen LogP contribution in [0.15, 0.2) is 18.3 Å². The Labute approximate surface area is 161 Å². The van der Waals surface area contributed by atoms with Crippen molar-refractivity contribution in [2.45, 2.75) is 58.1 Å². The van der Waals surface area contributed by atoms with Crippen LogP contribution in [0.2, 0.25) is 0 Å². The van der Waals surface area contributed by atoms with E-state index in [-0.39, 0.29) is 23.7 Å². The molecule has 2 aliphatic rings. The molecule has 8 heteroatoms. The van der Waals surface area contributed by atoms with Gasteiger partial charge < -0.3 is 10.1 Å². The second-order valence-corrected chi connectivity index (χ2v) is 9.58. The molecule has 1 aromatic heterocycles. The van der Waals surface area contributed by atoms with Gasteiger partial charge in [-0.25, -0.2) is 17.7 Å². The van der Waals surface area contributed by atoms with Crippen molar-refractivity contribution in [2.75, 3.05) is 18.8 Å². The Morgan fingerprint density at radius 1 is 1.26 bits per heavy atom. The zero-order valence-corrected chi connectivity index (χ0v) is 16.7. The average molecular weight is 396 g/mol. The van der Waals surface area contributed by atoms with E-state index >= 15 is 0 Å². The van der Waals surface area contributed by atoms with Gasteiger partial charge in [0.05, 0.1) is 5.75 Å². The fourth-order valence-corrected chi connectivity index (χ4v) is 4.85. The molecule has 1 aromatic rings. The quantitative estimate of drug-likeness (QED) is 0.764. The summed E-state index contributed by atoms with van der Waals surface area (Å²) in [6.45, 7) is 2.91. The maximum atomic E-state index is 12.4. The molecule has 0 bridgehead atoms. The number of carbonyl (C=O) groups excluding carboxylic acids is 1. The number of carbonyl (C=O) groups is 1. The van der Waals surface area contributed by atoms with E-state index < -0.39 is 10.0 Å². The van der Waals surface area contributed by atoms with Crippen LogP contribution in [0.25, 0.3) is 0 Å². The van der Waals surface area contributed by atoms with E-state index in [0.29, 0.717) is 38.4 Å². The van der Waals surface area contributed by atoms with Crippen molar-refractivity contribution < 1.29 is 17.9 Å². The third kappa shape index (κ3) is 5.42. The van der Waals surface area contributed by atoms with Gasteiger partial charge in [0, 0.05) is 37.8 Å². The van der Waals surface area contributed by atoms with Crippen LogP contribution in [0.3, 0.4) is 0 Å². The SMILES string of the molecule is CCS(=O)(=O)N1CCC(C(=O)NCc2ccnc(OC3CCCC3)c2)CC1. The van der Waals surface area contributed by atoms with Gasteiger partial charge in [-0.05, 0) is 57.1 Å². The minimum atomic E-state index is -3.16. The molecule has 0 unspecified atom stereocenters. The van der Waals surface area contributed by atoms with Gasteiger partial charge in [0.15, 0.2) is 0 Å². The summed E-state index contributed by atoms with van der Waals surface area (Å²) >= 11 is 0. The molecule has 1 N–H and O–H groups in total. The Bertz CT molecular complexity index is 739. The number of sulfonamides is 1. The summed E-state index contributed by atoms with van der Waals surface area (Å²) in [5, 5.41) is 2.97. The molecule has 1 amide bonds. The number of hydrogen-bond donors (Lipinski definition) is 1. The standard InChI is InChI=1S/C19H29N3O4S/c1-2-27(24,25)22-11-8-16(9-12-22)19(23)21-14-15-7-10-20-18(13-15)26-17-5-3-4-6-17/h7,10,13,16-17H,2-6,8-9,11-12,14H2,1H3,(H,21,23). The van der Waals surface area contributed by atoms with Crippen molar-refractivity contribution in [3.8, 4) is 5.88 Å². The molecule has 0 aromatic carbocycles. The van der Waals surface area contributed by atoms with Crippen LogP contribution in [0.1, 0.15) is 51.0 Å². The first kappa shape index (κ1) is 20.1. The minimum Gasteiger partial charge on any atom is -0.474 e. The van der Waals surface area contributed by atoms with Gasteiger partial charge in [-0.15, -0.1) is 0 Å². The fourth-order valence-electron chi connectivity index (χ4n) is 3.71. The fraction of sp³-hybridized carbons (Fsp3) is 0.684. The summed E-state index contributed by atoms with van der Waals surface area (Å²) in [6.07, 6.45) is 7.67. The first-order valence-electron chi connectivity index (χ1n) is 9.85. The molecule has 3 rings (SSSR count). The lowest BCUT2D eigenvalue weighted by Gasteiger charge is -2.30. The summed E-state index contributed by atoms with van der Waals surface area (Å²) in [5.41, 5.74) is 0.956. The number of aromatic nitrogens is 1. The molecule has 2 fully saturated rings. The lowest BCUT2D eigenvalue weighted by atomic mass is 9.97. The highest BCUT2D eigenvalue weighted by molar-refractivity contribution is 7.89. The van der Waals surface area contributed by atoms with Gasteiger partial charge in [0.1, 0.15) is 6.10 Å². The van der Waals surface area contributed by atoms with E-state index in [1.807, 2.05) is 12.1 Å². The number of amides is 1. The molecule has 1 aliphatic carbocycles. The zero-order chi connectivity index (χ0) is 19.3. The Kier molecular flexibility index (Phi) is 6.70. The van der Waals surface area contributed by atoms with Crippen molar-refractivity contribution >= 4 is 15.9 Å². The average Bonchev–Trinajstić information content (AvgIpc) is 3.19. The minimum absolute atomic E-state index is 0.0152. The van der Waals surface area contributed by atoms with E-state index in [1.54, 1.807) is 13.1 Å². The van der Waals surface area contributed by atoms with Crippen LogP contribution < -0.4 is 10.1 Å². The number of piperidine rings is 1. The Morgan fingerprint density at radius 2 is 1.96 bits per heavy atom. The largest absolute Gasteiger partial charge is 0.474 e. The van der Waals surface area contributed by atoms with E-state index in [4.69, 9.17) is 4.74 Å². The molecule has 0 atom stereocenters. The maximum Gasteiger partial charge on any atom is 0.223 e. The van der Waals surface area contributed by atoms with Crippen LogP contribution in [0, 0.1) is 5.92 Å². The third-order valence-corrected chi connectivity index (χ3v) is 7.32. The normalized spacial score (nSPS) is 19.9. The van der Waals surface area contributed by atoms with Gasteiger partial charge in [-0.3, -0.25) is 4.79 Å². The number of pyridine rings is 1. The Hall–Kier alpha value is -1.67. The van der Waals surface area contributed by atoms with E-state index in [2.05, 4.69) is 10.3 Å². The maximum absolute atomic E-state index is 12.4. The lowest BCUT2D eigenvalue weighted by Crippen LogP contribution is -2.43. The predicted molar refractivity (Wildman–Crippen MR) is 103 cm³/mol. The summed E-state index contributed by atoms with van der Waals surface area (Å²) in [4.78, 5) is 16.7. The summed E-state index contributed by atoms with van der Waals surface area (Å²) in [5.74, 6) is 0.576. The zero-order valence-electron chi connectivity index (χ0n) is 15.9. The smallest absolute Gasteiger partial charge is 0.223 e. The van der Waals surface area contributed by atoms with Crippen molar-refractivity contribution in [1.82, 2.24) is 14.6 Å². The van der Waals surface area contributed by atoms with Crippen LogP contribution in [-0.4, -0.2) is 48.6 Å². The number of nitrogens with zero attached hydrogens (tertiary/aromatic N) is 2. The van der Waals surface area contributed by atoms with Gasteiger partial charge >= 0.3 is 0 Å². The van der Waals surface area contributed by atoms with E-state index in [0.717, 1.165) is 18.4 Å². The van der Waals surface area contributed by atoms with Crippen LogP contribution in [0.5, 0.6) is 5.88 Å². The van der Waals surface area contributed by atoms with Crippen LogP contribution >= 0.6 is 0 Å². The summed E-state index contributed by atoms with van der Waals surface area (Å²) in [7, 11) is -3.16. The molecule has 150 valence electrons. The molecule has 1 aliphatic heterocycles. The molecule has 27 heavy (non-hydrogen) atoms. The molecule has 1 saturated carbocycles. The monoisotopic (exact) mass is 395 g/mol. The number of rotatable bonds is 7. The lowest BCUT2D eigenvalue weighted by molar-refractivity contribution is -0.126. The Balaban J connectivity index is 1.47. The summed E-state index contributed by atoms with van der Waals surface area (Å²) < 4.78 is 31.2. The molecule has 0 spiro atoms. The highest BCUT2D eigenvalue weighted by Crippen LogP contribution is 2.23. The van der Waals surface area contributed by atoms with Gasteiger partial charge in [-0.2, -0.15) is 0 Å². The number of ether oxygens (including phenoxy) is 1. The third-order valence-electron chi connectivity index (χ3n) is 5.44. The molecule has 2 heterocycles. The highest BCUT2D eigenvalue weighted by Gasteiger charge is 2.30. The molecule has 7 nitrogen and oxygen atoms in total. The summed E-state index contributed by atoms with van der Waals surface area (Å²) in [6, 6.07) is 3.76. The van der Waals surface area contributed by atoms with Crippen molar-refractivity contribution in [2.24, 2.45) is 5.92 Å². The van der Waals surface area contributed by atoms with Gasteiger partial charge in [-0.1, -0.05) is 0 Å². The van der Waals surface area contributed by atoms with Crippen LogP contribution in [-0.2, 0) is 21.4 Å². The number of nitrogens with one attached hydrogen (secondary N) is 1. The second kappa shape index (κ2) is 9.01.